The van der Waals surface area contributed by atoms with Gasteiger partial charge in [0.15, 0.2) is 0 Å². The van der Waals surface area contributed by atoms with E-state index in [1.807, 2.05) is 42.5 Å². The van der Waals surface area contributed by atoms with Gasteiger partial charge in [-0.1, -0.05) is 47.1 Å². The average molecular weight is 339 g/mol. The van der Waals surface area contributed by atoms with Crippen molar-refractivity contribution in [3.8, 4) is 22.8 Å². The molecule has 2 aromatic carbocycles. The van der Waals surface area contributed by atoms with Gasteiger partial charge in [0.1, 0.15) is 5.84 Å². The third-order valence-electron chi connectivity index (χ3n) is 3.83. The molecule has 6 heteroatoms. The molecule has 0 fully saturated rings. The maximum atomic E-state index is 6.19. The Morgan fingerprint density at radius 2 is 1.96 bits per heavy atom. The van der Waals surface area contributed by atoms with E-state index in [4.69, 9.17) is 16.1 Å². The predicted octanol–water partition coefficient (Wildman–Crippen LogP) is 3.80. The van der Waals surface area contributed by atoms with Crippen LogP contribution in [0.5, 0.6) is 0 Å². The number of aromatic nitrogens is 2. The number of rotatable bonds is 3. The fraction of sp³-hybridized carbons (Fsp3) is 0.167. The number of amidine groups is 1. The summed E-state index contributed by atoms with van der Waals surface area (Å²) < 4.78 is 5.38. The van der Waals surface area contributed by atoms with E-state index in [1.54, 1.807) is 6.07 Å². The Hall–Kier alpha value is -2.66. The zero-order chi connectivity index (χ0) is 16.5. The Kier molecular flexibility index (Phi) is 3.78. The van der Waals surface area contributed by atoms with Crippen molar-refractivity contribution in [2.24, 2.45) is 4.99 Å². The molecule has 0 saturated heterocycles. The van der Waals surface area contributed by atoms with Crippen LogP contribution in [0.3, 0.4) is 0 Å². The first kappa shape index (κ1) is 14.9. The fourth-order valence-corrected chi connectivity index (χ4v) is 2.83. The summed E-state index contributed by atoms with van der Waals surface area (Å²) in [4.78, 5) is 8.98. The molecule has 3 aromatic rings. The van der Waals surface area contributed by atoms with Gasteiger partial charge in [-0.15, -0.1) is 0 Å². The Bertz CT molecular complexity index is 919. The average Bonchev–Trinajstić information content (AvgIpc) is 3.25. The van der Waals surface area contributed by atoms with Gasteiger partial charge < -0.3 is 9.84 Å². The third-order valence-corrected chi connectivity index (χ3v) is 4.16. The summed E-state index contributed by atoms with van der Waals surface area (Å²) in [5.74, 6) is 1.84. The first-order valence-electron chi connectivity index (χ1n) is 7.71. The summed E-state index contributed by atoms with van der Waals surface area (Å²) in [5.41, 5.74) is 2.62. The molecule has 1 atom stereocenters. The van der Waals surface area contributed by atoms with Crippen molar-refractivity contribution >= 4 is 17.4 Å². The number of aliphatic imine (C=N–C) groups is 1. The summed E-state index contributed by atoms with van der Waals surface area (Å²) in [6.07, 6.45) is 0. The lowest BCUT2D eigenvalue weighted by molar-refractivity contribution is 0.432. The van der Waals surface area contributed by atoms with Gasteiger partial charge in [0.25, 0.3) is 5.89 Å². The molecule has 1 aliphatic rings. The molecule has 0 aliphatic carbocycles. The molecule has 24 heavy (non-hydrogen) atoms. The van der Waals surface area contributed by atoms with Crippen LogP contribution in [0.4, 0.5) is 0 Å². The second-order valence-corrected chi connectivity index (χ2v) is 6.13. The van der Waals surface area contributed by atoms with Gasteiger partial charge in [-0.3, -0.25) is 4.99 Å². The number of hydrogen-bond donors (Lipinski definition) is 1. The summed E-state index contributed by atoms with van der Waals surface area (Å²) in [7, 11) is 0. The van der Waals surface area contributed by atoms with E-state index in [0.717, 1.165) is 29.1 Å². The van der Waals surface area contributed by atoms with Gasteiger partial charge >= 0.3 is 0 Å². The second-order valence-electron chi connectivity index (χ2n) is 5.72. The van der Waals surface area contributed by atoms with Crippen molar-refractivity contribution in [1.82, 2.24) is 15.5 Å². The van der Waals surface area contributed by atoms with Gasteiger partial charge in [-0.2, -0.15) is 4.98 Å². The molecule has 1 aliphatic heterocycles. The molecule has 0 radical (unpaired) electrons. The molecule has 1 aromatic heterocycles. The van der Waals surface area contributed by atoms with Crippen LogP contribution in [0, 0.1) is 0 Å². The SMILES string of the molecule is CC1CN=C(c2cccc(-c3noc(-c4ccccc4Cl)n3)c2)N1. The number of hydrogen-bond acceptors (Lipinski definition) is 5. The van der Waals surface area contributed by atoms with E-state index >= 15 is 0 Å². The predicted molar refractivity (Wildman–Crippen MR) is 94.2 cm³/mol. The first-order chi connectivity index (χ1) is 11.7. The lowest BCUT2D eigenvalue weighted by Gasteiger charge is -2.06. The lowest BCUT2D eigenvalue weighted by atomic mass is 10.1. The Morgan fingerprint density at radius 1 is 1.12 bits per heavy atom. The minimum Gasteiger partial charge on any atom is -0.366 e. The van der Waals surface area contributed by atoms with Crippen LogP contribution in [-0.2, 0) is 0 Å². The molecule has 1 N–H and O–H groups in total. The van der Waals surface area contributed by atoms with Gasteiger partial charge in [0, 0.05) is 17.2 Å². The molecular formula is C18H15ClN4O. The van der Waals surface area contributed by atoms with Crippen LogP contribution in [-0.4, -0.2) is 28.6 Å². The minimum atomic E-state index is 0.362. The zero-order valence-corrected chi connectivity index (χ0v) is 13.8. The molecule has 4 rings (SSSR count). The van der Waals surface area contributed by atoms with Gasteiger partial charge in [-0.25, -0.2) is 0 Å². The normalized spacial score (nSPS) is 16.8. The molecular weight excluding hydrogens is 324 g/mol. The highest BCUT2D eigenvalue weighted by Crippen LogP contribution is 2.28. The van der Waals surface area contributed by atoms with Crippen LogP contribution in [0.25, 0.3) is 22.8 Å². The van der Waals surface area contributed by atoms with Crippen LogP contribution >= 0.6 is 11.6 Å². The van der Waals surface area contributed by atoms with Crippen LogP contribution in [0.1, 0.15) is 12.5 Å². The second kappa shape index (κ2) is 6.09. The highest BCUT2D eigenvalue weighted by Gasteiger charge is 2.17. The van der Waals surface area contributed by atoms with Crippen molar-refractivity contribution < 1.29 is 4.52 Å². The minimum absolute atomic E-state index is 0.362. The molecule has 5 nitrogen and oxygen atoms in total. The number of nitrogens with zero attached hydrogens (tertiary/aromatic N) is 3. The quantitative estimate of drug-likeness (QED) is 0.789. The van der Waals surface area contributed by atoms with E-state index < -0.39 is 0 Å². The largest absolute Gasteiger partial charge is 0.366 e. The van der Waals surface area contributed by atoms with E-state index in [9.17, 15) is 0 Å². The standard InChI is InChI=1S/C18H15ClN4O/c1-11-10-20-16(21-11)12-5-4-6-13(9-12)17-22-18(24-23-17)14-7-2-3-8-15(14)19/h2-9,11H,10H2,1H3,(H,20,21). The van der Waals surface area contributed by atoms with E-state index in [1.165, 1.54) is 0 Å². The Labute approximate surface area is 144 Å². The molecule has 0 spiro atoms. The molecule has 1 unspecified atom stereocenters. The van der Waals surface area contributed by atoms with Gasteiger partial charge in [-0.05, 0) is 25.1 Å². The molecule has 0 amide bonds. The smallest absolute Gasteiger partial charge is 0.259 e. The summed E-state index contributed by atoms with van der Waals surface area (Å²) in [6, 6.07) is 15.7. The summed E-state index contributed by atoms with van der Waals surface area (Å²) in [6.45, 7) is 2.90. The topological polar surface area (TPSA) is 63.3 Å². The van der Waals surface area contributed by atoms with Crippen LogP contribution in [0.2, 0.25) is 5.02 Å². The first-order valence-corrected chi connectivity index (χ1v) is 8.09. The van der Waals surface area contributed by atoms with E-state index in [-0.39, 0.29) is 0 Å². The molecule has 0 bridgehead atoms. The molecule has 120 valence electrons. The maximum absolute atomic E-state index is 6.19. The van der Waals surface area contributed by atoms with Crippen molar-refractivity contribution in [3.05, 3.63) is 59.1 Å². The van der Waals surface area contributed by atoms with E-state index in [2.05, 4.69) is 27.4 Å². The summed E-state index contributed by atoms with van der Waals surface area (Å²) >= 11 is 6.19. The van der Waals surface area contributed by atoms with Crippen molar-refractivity contribution in [2.45, 2.75) is 13.0 Å². The highest BCUT2D eigenvalue weighted by molar-refractivity contribution is 6.33. The van der Waals surface area contributed by atoms with Crippen LogP contribution in [0.15, 0.2) is 58.0 Å². The highest BCUT2D eigenvalue weighted by atomic mass is 35.5. The van der Waals surface area contributed by atoms with E-state index in [0.29, 0.717) is 22.8 Å². The number of benzene rings is 2. The number of halogens is 1. The lowest BCUT2D eigenvalue weighted by Crippen LogP contribution is -2.27. The van der Waals surface area contributed by atoms with Gasteiger partial charge in [0.05, 0.1) is 17.1 Å². The number of nitrogens with one attached hydrogen (secondary N) is 1. The van der Waals surface area contributed by atoms with Crippen LogP contribution < -0.4 is 5.32 Å². The zero-order valence-electron chi connectivity index (χ0n) is 13.0. The Morgan fingerprint density at radius 3 is 2.75 bits per heavy atom. The van der Waals surface area contributed by atoms with Crippen molar-refractivity contribution in [2.75, 3.05) is 6.54 Å². The third kappa shape index (κ3) is 2.78. The Balaban J connectivity index is 1.67. The maximum Gasteiger partial charge on any atom is 0.259 e. The monoisotopic (exact) mass is 338 g/mol. The van der Waals surface area contributed by atoms with Crippen molar-refractivity contribution in [1.29, 1.82) is 0 Å². The summed E-state index contributed by atoms with van der Waals surface area (Å²) in [5, 5.41) is 8.02. The van der Waals surface area contributed by atoms with Crippen molar-refractivity contribution in [3.63, 3.8) is 0 Å². The fourth-order valence-electron chi connectivity index (χ4n) is 2.62. The van der Waals surface area contributed by atoms with Gasteiger partial charge in [0.2, 0.25) is 5.82 Å². The molecule has 2 heterocycles. The molecule has 0 saturated carbocycles.